The number of methoxy groups -OCH3 is 1. The minimum absolute atomic E-state index is 0.107. The smallest absolute Gasteiger partial charge is 0.307 e. The number of hydrogen-bond acceptors (Lipinski definition) is 4. The molecule has 1 aromatic carbocycles. The fourth-order valence-corrected chi connectivity index (χ4v) is 2.04. The van der Waals surface area contributed by atoms with E-state index in [0.717, 1.165) is 31.0 Å². The van der Waals surface area contributed by atoms with Crippen molar-refractivity contribution in [2.45, 2.75) is 37.5 Å². The number of nitrogens with one attached hydrogen (secondary N) is 1. The zero-order valence-electron chi connectivity index (χ0n) is 11.1. The minimum Gasteiger partial charge on any atom is -0.469 e. The van der Waals surface area contributed by atoms with E-state index in [1.807, 2.05) is 0 Å². The van der Waals surface area contributed by atoms with Crippen molar-refractivity contribution >= 4 is 5.97 Å². The third-order valence-corrected chi connectivity index (χ3v) is 3.30. The van der Waals surface area contributed by atoms with Crippen LogP contribution in [0.25, 0.3) is 0 Å². The number of aliphatic hydroxyl groups excluding tert-OH is 1. The third kappa shape index (κ3) is 3.74. The van der Waals surface area contributed by atoms with Gasteiger partial charge in [0.15, 0.2) is 0 Å². The Balaban J connectivity index is 2.17. The summed E-state index contributed by atoms with van der Waals surface area (Å²) in [7, 11) is 1.24. The van der Waals surface area contributed by atoms with Gasteiger partial charge in [-0.25, -0.2) is 8.78 Å². The molecule has 1 aliphatic rings. The van der Waals surface area contributed by atoms with Gasteiger partial charge >= 0.3 is 5.97 Å². The number of halogens is 2. The highest BCUT2D eigenvalue weighted by Crippen LogP contribution is 2.27. The van der Waals surface area contributed by atoms with Gasteiger partial charge in [-0.3, -0.25) is 4.79 Å². The number of ether oxygens (including phenoxy) is 1. The van der Waals surface area contributed by atoms with Gasteiger partial charge in [-0.15, -0.1) is 0 Å². The highest BCUT2D eigenvalue weighted by Gasteiger charge is 2.32. The highest BCUT2D eigenvalue weighted by molar-refractivity contribution is 5.70. The third-order valence-electron chi connectivity index (χ3n) is 3.30. The molecule has 0 saturated heterocycles. The average molecular weight is 285 g/mol. The van der Waals surface area contributed by atoms with Gasteiger partial charge in [-0.2, -0.15) is 0 Å². The van der Waals surface area contributed by atoms with Crippen LogP contribution in [0, 0.1) is 11.6 Å². The molecule has 4 nitrogen and oxygen atoms in total. The first-order valence-corrected chi connectivity index (χ1v) is 6.47. The van der Waals surface area contributed by atoms with E-state index in [9.17, 15) is 18.7 Å². The number of aliphatic hydroxyl groups is 1. The van der Waals surface area contributed by atoms with E-state index >= 15 is 0 Å². The van der Waals surface area contributed by atoms with Gasteiger partial charge in [0.2, 0.25) is 0 Å². The van der Waals surface area contributed by atoms with Crippen LogP contribution in [0.2, 0.25) is 0 Å². The molecule has 1 saturated carbocycles. The zero-order valence-corrected chi connectivity index (χ0v) is 11.1. The fraction of sp³-hybridized carbons (Fsp3) is 0.500. The standard InChI is InChI=1S/C14H17F2NO3/c1-20-13(18)7-12(17-9-3-4-9)14(19)10-6-8(15)2-5-11(10)16/h2,5-6,9,12,14,17,19H,3-4,7H2,1H3. The Kier molecular flexibility index (Phi) is 4.67. The summed E-state index contributed by atoms with van der Waals surface area (Å²) in [4.78, 5) is 11.4. The maximum absolute atomic E-state index is 13.7. The van der Waals surface area contributed by atoms with Crippen LogP contribution < -0.4 is 5.32 Å². The molecule has 0 aliphatic heterocycles. The van der Waals surface area contributed by atoms with Crippen molar-refractivity contribution in [1.82, 2.24) is 5.32 Å². The van der Waals surface area contributed by atoms with Crippen LogP contribution in [0.5, 0.6) is 0 Å². The Hall–Kier alpha value is -1.53. The summed E-state index contributed by atoms with van der Waals surface area (Å²) < 4.78 is 31.4. The van der Waals surface area contributed by atoms with Crippen LogP contribution in [0.3, 0.4) is 0 Å². The number of carbonyl (C=O) groups is 1. The Morgan fingerprint density at radius 3 is 2.80 bits per heavy atom. The Morgan fingerprint density at radius 1 is 1.50 bits per heavy atom. The molecule has 2 atom stereocenters. The predicted molar refractivity (Wildman–Crippen MR) is 67.9 cm³/mol. The molecule has 0 aromatic heterocycles. The first-order valence-electron chi connectivity index (χ1n) is 6.47. The molecule has 1 aliphatic carbocycles. The van der Waals surface area contributed by atoms with Crippen LogP contribution in [-0.4, -0.2) is 30.3 Å². The van der Waals surface area contributed by atoms with Gasteiger partial charge in [0.1, 0.15) is 11.6 Å². The van der Waals surface area contributed by atoms with Gasteiger partial charge in [0.05, 0.1) is 19.6 Å². The van der Waals surface area contributed by atoms with Crippen molar-refractivity contribution < 1.29 is 23.4 Å². The molecule has 20 heavy (non-hydrogen) atoms. The van der Waals surface area contributed by atoms with E-state index < -0.39 is 29.7 Å². The first kappa shape index (κ1) is 14.9. The van der Waals surface area contributed by atoms with Crippen molar-refractivity contribution in [3.05, 3.63) is 35.4 Å². The van der Waals surface area contributed by atoms with Crippen molar-refractivity contribution in [2.75, 3.05) is 7.11 Å². The summed E-state index contributed by atoms with van der Waals surface area (Å²) in [5, 5.41) is 13.3. The van der Waals surface area contributed by atoms with Crippen LogP contribution >= 0.6 is 0 Å². The molecule has 0 bridgehead atoms. The van der Waals surface area contributed by atoms with E-state index in [-0.39, 0.29) is 18.0 Å². The van der Waals surface area contributed by atoms with Crippen LogP contribution in [-0.2, 0) is 9.53 Å². The number of benzene rings is 1. The summed E-state index contributed by atoms with van der Waals surface area (Å²) in [6.45, 7) is 0. The molecule has 0 amide bonds. The number of rotatable bonds is 6. The van der Waals surface area contributed by atoms with Crippen molar-refractivity contribution in [2.24, 2.45) is 0 Å². The molecule has 110 valence electrons. The largest absolute Gasteiger partial charge is 0.469 e. The summed E-state index contributed by atoms with van der Waals surface area (Å²) >= 11 is 0. The molecule has 0 heterocycles. The minimum atomic E-state index is -1.31. The molecular formula is C14H17F2NO3. The Morgan fingerprint density at radius 2 is 2.20 bits per heavy atom. The van der Waals surface area contributed by atoms with E-state index in [2.05, 4.69) is 10.1 Å². The molecule has 6 heteroatoms. The summed E-state index contributed by atoms with van der Waals surface area (Å²) in [5.74, 6) is -1.85. The average Bonchev–Trinajstić information content (AvgIpc) is 3.23. The predicted octanol–water partition coefficient (Wildman–Crippen LogP) is 1.68. The van der Waals surface area contributed by atoms with E-state index in [1.54, 1.807) is 0 Å². The maximum atomic E-state index is 13.7. The van der Waals surface area contributed by atoms with Gasteiger partial charge in [0.25, 0.3) is 0 Å². The molecule has 1 aromatic rings. The SMILES string of the molecule is COC(=O)CC(NC1CC1)C(O)c1cc(F)ccc1F. The topological polar surface area (TPSA) is 58.6 Å². The zero-order chi connectivity index (χ0) is 14.7. The van der Waals surface area contributed by atoms with Crippen LogP contribution in [0.1, 0.15) is 30.9 Å². The molecule has 0 spiro atoms. The second kappa shape index (κ2) is 6.28. The van der Waals surface area contributed by atoms with Gasteiger partial charge in [-0.1, -0.05) is 0 Å². The van der Waals surface area contributed by atoms with E-state index in [0.29, 0.717) is 0 Å². The fourth-order valence-electron chi connectivity index (χ4n) is 2.04. The van der Waals surface area contributed by atoms with Crippen LogP contribution in [0.4, 0.5) is 8.78 Å². The molecule has 2 rings (SSSR count). The maximum Gasteiger partial charge on any atom is 0.307 e. The van der Waals surface area contributed by atoms with Gasteiger partial charge in [0, 0.05) is 17.6 Å². The summed E-state index contributed by atoms with van der Waals surface area (Å²) in [5.41, 5.74) is -0.160. The quantitative estimate of drug-likeness (QED) is 0.781. The van der Waals surface area contributed by atoms with Crippen molar-refractivity contribution in [1.29, 1.82) is 0 Å². The molecule has 1 fully saturated rings. The Bertz CT molecular complexity index is 491. The van der Waals surface area contributed by atoms with Crippen molar-refractivity contribution in [3.63, 3.8) is 0 Å². The lowest BCUT2D eigenvalue weighted by molar-refractivity contribution is -0.142. The summed E-state index contributed by atoms with van der Waals surface area (Å²) in [6, 6.07) is 2.39. The van der Waals surface area contributed by atoms with E-state index in [4.69, 9.17) is 0 Å². The Labute approximate surface area is 115 Å². The number of esters is 1. The lowest BCUT2D eigenvalue weighted by atomic mass is 9.99. The number of carbonyl (C=O) groups excluding carboxylic acids is 1. The van der Waals surface area contributed by atoms with Gasteiger partial charge in [-0.05, 0) is 31.0 Å². The highest BCUT2D eigenvalue weighted by atomic mass is 19.1. The normalized spacial score (nSPS) is 17.6. The monoisotopic (exact) mass is 285 g/mol. The van der Waals surface area contributed by atoms with Crippen molar-refractivity contribution in [3.8, 4) is 0 Å². The molecule has 2 N–H and O–H groups in total. The second-order valence-corrected chi connectivity index (χ2v) is 4.94. The van der Waals surface area contributed by atoms with E-state index in [1.165, 1.54) is 7.11 Å². The molecule has 0 radical (unpaired) electrons. The molecular weight excluding hydrogens is 268 g/mol. The van der Waals surface area contributed by atoms with Gasteiger partial charge < -0.3 is 15.2 Å². The number of hydrogen-bond donors (Lipinski definition) is 2. The molecule has 2 unspecified atom stereocenters. The van der Waals surface area contributed by atoms with Crippen LogP contribution in [0.15, 0.2) is 18.2 Å². The summed E-state index contributed by atoms with van der Waals surface area (Å²) in [6.07, 6.45) is 0.460. The lowest BCUT2D eigenvalue weighted by Gasteiger charge is -2.24. The first-order chi connectivity index (χ1) is 9.51. The second-order valence-electron chi connectivity index (χ2n) is 4.94. The lowest BCUT2D eigenvalue weighted by Crippen LogP contribution is -2.39.